The summed E-state index contributed by atoms with van der Waals surface area (Å²) in [5.74, 6) is -1.11. The van der Waals surface area contributed by atoms with Crippen molar-refractivity contribution in [2.45, 2.75) is 25.4 Å². The van der Waals surface area contributed by atoms with Gasteiger partial charge in [-0.3, -0.25) is 4.79 Å². The van der Waals surface area contributed by atoms with Crippen molar-refractivity contribution in [3.05, 3.63) is 12.2 Å². The number of aliphatic hydroxyl groups excluding tert-OH is 2. The van der Waals surface area contributed by atoms with Crippen molar-refractivity contribution in [3.8, 4) is 0 Å². The second-order valence-electron chi connectivity index (χ2n) is 4.01. The molecule has 1 fully saturated rings. The molecule has 1 aromatic heterocycles. The highest BCUT2D eigenvalue weighted by molar-refractivity contribution is 5.88. The third-order valence-electron chi connectivity index (χ3n) is 2.85. The van der Waals surface area contributed by atoms with Crippen LogP contribution in [-0.4, -0.2) is 49.7 Å². The van der Waals surface area contributed by atoms with Gasteiger partial charge < -0.3 is 20.7 Å². The molecule has 2 unspecified atom stereocenters. The standard InChI is InChI=1S/C9H14N4O4/c1-4-6(15)5(2-14)17-9(4)13-3-11-8(12-13)7(10)16/h3-6,9,14-15H,2H2,1H3,(H2,10,16)/t4-,5?,6+,9?/m1/s1. The predicted octanol–water partition coefficient (Wildman–Crippen LogP) is -1.74. The number of aromatic nitrogens is 3. The van der Waals surface area contributed by atoms with E-state index in [2.05, 4.69) is 10.1 Å². The average molecular weight is 242 g/mol. The fourth-order valence-corrected chi connectivity index (χ4v) is 1.86. The molecule has 8 nitrogen and oxygen atoms in total. The molecule has 2 rings (SSSR count). The van der Waals surface area contributed by atoms with Crippen LogP contribution in [0.25, 0.3) is 0 Å². The van der Waals surface area contributed by atoms with Crippen LogP contribution in [-0.2, 0) is 4.74 Å². The lowest BCUT2D eigenvalue weighted by Gasteiger charge is -2.14. The average Bonchev–Trinajstić information content (AvgIpc) is 2.87. The minimum Gasteiger partial charge on any atom is -0.394 e. The number of ether oxygens (including phenoxy) is 1. The van der Waals surface area contributed by atoms with Crippen LogP contribution in [0, 0.1) is 5.92 Å². The number of hydrogen-bond donors (Lipinski definition) is 3. The van der Waals surface area contributed by atoms with Crippen LogP contribution in [0.15, 0.2) is 6.33 Å². The Labute approximate surface area is 97.0 Å². The summed E-state index contributed by atoms with van der Waals surface area (Å²) < 4.78 is 6.75. The van der Waals surface area contributed by atoms with Crippen LogP contribution in [0.3, 0.4) is 0 Å². The second kappa shape index (κ2) is 4.40. The van der Waals surface area contributed by atoms with E-state index in [1.807, 2.05) is 0 Å². The van der Waals surface area contributed by atoms with Gasteiger partial charge in [-0.15, -0.1) is 5.10 Å². The molecule has 0 bridgehead atoms. The summed E-state index contributed by atoms with van der Waals surface area (Å²) in [6.45, 7) is 1.48. The van der Waals surface area contributed by atoms with E-state index in [-0.39, 0.29) is 18.3 Å². The van der Waals surface area contributed by atoms with Gasteiger partial charge >= 0.3 is 0 Å². The monoisotopic (exact) mass is 242 g/mol. The molecule has 1 saturated heterocycles. The number of aliphatic hydroxyl groups is 2. The van der Waals surface area contributed by atoms with E-state index < -0.39 is 24.3 Å². The van der Waals surface area contributed by atoms with Crippen molar-refractivity contribution in [1.82, 2.24) is 14.8 Å². The lowest BCUT2D eigenvalue weighted by molar-refractivity contribution is -0.0506. The topological polar surface area (TPSA) is 123 Å². The molecule has 4 atom stereocenters. The van der Waals surface area contributed by atoms with Gasteiger partial charge in [0.05, 0.1) is 12.7 Å². The third-order valence-corrected chi connectivity index (χ3v) is 2.85. The van der Waals surface area contributed by atoms with E-state index in [4.69, 9.17) is 15.6 Å². The lowest BCUT2D eigenvalue weighted by atomic mass is 10.0. The first-order chi connectivity index (χ1) is 8.04. The third kappa shape index (κ3) is 2.02. The fraction of sp³-hybridized carbons (Fsp3) is 0.667. The smallest absolute Gasteiger partial charge is 0.288 e. The van der Waals surface area contributed by atoms with Crippen molar-refractivity contribution < 1.29 is 19.7 Å². The van der Waals surface area contributed by atoms with Crippen molar-refractivity contribution in [2.75, 3.05) is 6.61 Å². The van der Waals surface area contributed by atoms with Gasteiger partial charge in [0.1, 0.15) is 12.4 Å². The number of hydrogen-bond acceptors (Lipinski definition) is 6. The van der Waals surface area contributed by atoms with Crippen molar-refractivity contribution in [2.24, 2.45) is 11.7 Å². The molecule has 2 heterocycles. The molecule has 4 N–H and O–H groups in total. The van der Waals surface area contributed by atoms with E-state index in [9.17, 15) is 9.90 Å². The number of nitrogens with zero attached hydrogens (tertiary/aromatic N) is 3. The van der Waals surface area contributed by atoms with Crippen LogP contribution in [0.1, 0.15) is 23.8 Å². The Morgan fingerprint density at radius 2 is 2.41 bits per heavy atom. The van der Waals surface area contributed by atoms with Crippen LogP contribution in [0.4, 0.5) is 0 Å². The van der Waals surface area contributed by atoms with E-state index in [0.717, 1.165) is 0 Å². The van der Waals surface area contributed by atoms with Gasteiger partial charge in [0.2, 0.25) is 5.82 Å². The van der Waals surface area contributed by atoms with Gasteiger partial charge in [-0.05, 0) is 0 Å². The summed E-state index contributed by atoms with van der Waals surface area (Å²) in [7, 11) is 0. The van der Waals surface area contributed by atoms with Gasteiger partial charge in [0, 0.05) is 5.92 Å². The van der Waals surface area contributed by atoms with Gasteiger partial charge in [0.15, 0.2) is 6.23 Å². The van der Waals surface area contributed by atoms with E-state index >= 15 is 0 Å². The zero-order chi connectivity index (χ0) is 12.6. The zero-order valence-electron chi connectivity index (χ0n) is 9.22. The second-order valence-corrected chi connectivity index (χ2v) is 4.01. The zero-order valence-corrected chi connectivity index (χ0v) is 9.22. The number of nitrogens with two attached hydrogens (primary N) is 1. The van der Waals surface area contributed by atoms with Gasteiger partial charge in [0.25, 0.3) is 5.91 Å². The molecule has 1 aromatic rings. The van der Waals surface area contributed by atoms with E-state index in [1.165, 1.54) is 11.0 Å². The Hall–Kier alpha value is -1.51. The Morgan fingerprint density at radius 1 is 1.71 bits per heavy atom. The molecule has 1 aliphatic rings. The highest BCUT2D eigenvalue weighted by Crippen LogP contribution is 2.33. The van der Waals surface area contributed by atoms with Crippen LogP contribution in [0.5, 0.6) is 0 Å². The summed E-state index contributed by atoms with van der Waals surface area (Å²) in [5.41, 5.74) is 5.03. The molecule has 0 radical (unpaired) electrons. The molecule has 0 saturated carbocycles. The Kier molecular flexibility index (Phi) is 3.09. The summed E-state index contributed by atoms with van der Waals surface area (Å²) in [6.07, 6.45) is -0.696. The first-order valence-corrected chi connectivity index (χ1v) is 5.20. The predicted molar refractivity (Wildman–Crippen MR) is 54.7 cm³/mol. The Morgan fingerprint density at radius 3 is 2.88 bits per heavy atom. The number of primary amides is 1. The number of amides is 1. The van der Waals surface area contributed by atoms with E-state index in [0.29, 0.717) is 0 Å². The normalized spacial score (nSPS) is 32.9. The largest absolute Gasteiger partial charge is 0.394 e. The van der Waals surface area contributed by atoms with Crippen LogP contribution >= 0.6 is 0 Å². The van der Waals surface area contributed by atoms with Gasteiger partial charge in [-0.2, -0.15) is 0 Å². The minimum atomic E-state index is -0.786. The maximum absolute atomic E-state index is 10.8. The molecule has 0 aliphatic carbocycles. The highest BCUT2D eigenvalue weighted by Gasteiger charge is 2.42. The minimum absolute atomic E-state index is 0.109. The molecular formula is C9H14N4O4. The van der Waals surface area contributed by atoms with Crippen LogP contribution < -0.4 is 5.73 Å². The molecule has 0 spiro atoms. The first-order valence-electron chi connectivity index (χ1n) is 5.20. The molecule has 0 aromatic carbocycles. The number of carbonyl (C=O) groups is 1. The first kappa shape index (κ1) is 12.0. The van der Waals surface area contributed by atoms with E-state index in [1.54, 1.807) is 6.92 Å². The molecule has 8 heteroatoms. The molecular weight excluding hydrogens is 228 g/mol. The van der Waals surface area contributed by atoms with Gasteiger partial charge in [-0.1, -0.05) is 6.92 Å². The summed E-state index contributed by atoms with van der Waals surface area (Å²) in [6, 6.07) is 0. The summed E-state index contributed by atoms with van der Waals surface area (Å²) in [5, 5.41) is 22.6. The number of rotatable bonds is 3. The lowest BCUT2D eigenvalue weighted by Crippen LogP contribution is -2.28. The maximum Gasteiger partial charge on any atom is 0.288 e. The molecule has 1 aliphatic heterocycles. The van der Waals surface area contributed by atoms with Crippen LogP contribution in [0.2, 0.25) is 0 Å². The molecule has 17 heavy (non-hydrogen) atoms. The molecule has 94 valence electrons. The Balaban J connectivity index is 2.19. The van der Waals surface area contributed by atoms with Gasteiger partial charge in [-0.25, -0.2) is 9.67 Å². The van der Waals surface area contributed by atoms with Crippen molar-refractivity contribution in [1.29, 1.82) is 0 Å². The fourth-order valence-electron chi connectivity index (χ4n) is 1.86. The van der Waals surface area contributed by atoms with Crippen molar-refractivity contribution in [3.63, 3.8) is 0 Å². The highest BCUT2D eigenvalue weighted by atomic mass is 16.5. The summed E-state index contributed by atoms with van der Waals surface area (Å²) >= 11 is 0. The number of carbonyl (C=O) groups excluding carboxylic acids is 1. The summed E-state index contributed by atoms with van der Waals surface area (Å²) in [4.78, 5) is 14.6. The quantitative estimate of drug-likeness (QED) is 0.578. The maximum atomic E-state index is 10.8. The molecule has 1 amide bonds. The Bertz CT molecular complexity index is 421. The SMILES string of the molecule is C[C@H]1C(n2cnc(C(N)=O)n2)OC(CO)[C@H]1O. The van der Waals surface area contributed by atoms with Crippen molar-refractivity contribution >= 4 is 5.91 Å².